The average Bonchev–Trinajstić information content (AvgIpc) is 2.58. The number of allylic oxidation sites excluding steroid dienone is 1. The molecule has 0 amide bonds. The fourth-order valence-corrected chi connectivity index (χ4v) is 1.20. The minimum atomic E-state index is 0.483. The fourth-order valence-electron chi connectivity index (χ4n) is 1.20. The molecule has 1 N–H and O–H groups in total. The molecule has 0 saturated carbocycles. The van der Waals surface area contributed by atoms with Gasteiger partial charge in [0.05, 0.1) is 6.54 Å². The Morgan fingerprint density at radius 1 is 1.71 bits per heavy atom. The zero-order valence-electron chi connectivity index (χ0n) is 8.90. The monoisotopic (exact) mass is 194 g/mol. The molecule has 0 bridgehead atoms. The maximum Gasteiger partial charge on any atom is 0.164 e. The maximum absolute atomic E-state index is 4.19. The highest BCUT2D eigenvalue weighted by Crippen LogP contribution is 1.97. The van der Waals surface area contributed by atoms with Crippen molar-refractivity contribution in [3.8, 4) is 0 Å². The van der Waals surface area contributed by atoms with Gasteiger partial charge < -0.3 is 5.32 Å². The quantitative estimate of drug-likeness (QED) is 0.693. The molecule has 4 heteroatoms. The van der Waals surface area contributed by atoms with Crippen LogP contribution in [0, 0.1) is 0 Å². The Balaban J connectivity index is 2.23. The van der Waals surface area contributed by atoms with E-state index in [0.717, 1.165) is 25.2 Å². The highest BCUT2D eigenvalue weighted by Gasteiger charge is 2.02. The van der Waals surface area contributed by atoms with Crippen molar-refractivity contribution in [3.63, 3.8) is 0 Å². The van der Waals surface area contributed by atoms with Crippen LogP contribution in [0.2, 0.25) is 0 Å². The van der Waals surface area contributed by atoms with Gasteiger partial charge in [-0.05, 0) is 19.8 Å². The van der Waals surface area contributed by atoms with Crippen LogP contribution >= 0.6 is 0 Å². The number of hydrogen-bond acceptors (Lipinski definition) is 3. The van der Waals surface area contributed by atoms with Crippen molar-refractivity contribution in [3.05, 3.63) is 24.8 Å². The lowest BCUT2D eigenvalue weighted by molar-refractivity contribution is 0.507. The lowest BCUT2D eigenvalue weighted by atomic mass is 10.2. The van der Waals surface area contributed by atoms with Gasteiger partial charge in [-0.15, -0.1) is 6.58 Å². The normalized spacial score (nSPS) is 12.7. The van der Waals surface area contributed by atoms with E-state index in [0.29, 0.717) is 6.04 Å². The van der Waals surface area contributed by atoms with Crippen molar-refractivity contribution in [2.45, 2.75) is 32.4 Å². The van der Waals surface area contributed by atoms with E-state index in [1.165, 1.54) is 0 Å². The molecule has 0 fully saturated rings. The van der Waals surface area contributed by atoms with E-state index in [9.17, 15) is 0 Å². The molecule has 0 saturated heterocycles. The minimum absolute atomic E-state index is 0.483. The van der Waals surface area contributed by atoms with E-state index < -0.39 is 0 Å². The molecule has 14 heavy (non-hydrogen) atoms. The molecule has 1 heterocycles. The van der Waals surface area contributed by atoms with Gasteiger partial charge in [0.2, 0.25) is 0 Å². The average molecular weight is 194 g/mol. The number of aryl methyl sites for hydroxylation is 1. The molecular formula is C10H18N4. The van der Waals surface area contributed by atoms with E-state index >= 15 is 0 Å². The third-order valence-corrected chi connectivity index (χ3v) is 2.06. The Bertz CT molecular complexity index is 279. The number of aromatic nitrogens is 3. The first-order valence-electron chi connectivity index (χ1n) is 4.91. The predicted molar refractivity (Wildman–Crippen MR) is 56.7 cm³/mol. The summed E-state index contributed by atoms with van der Waals surface area (Å²) in [5.74, 6) is 0.845. The Hall–Kier alpha value is -1.16. The van der Waals surface area contributed by atoms with Gasteiger partial charge in [-0.2, -0.15) is 5.10 Å². The van der Waals surface area contributed by atoms with Crippen LogP contribution in [0.3, 0.4) is 0 Å². The van der Waals surface area contributed by atoms with Gasteiger partial charge in [0, 0.05) is 13.1 Å². The van der Waals surface area contributed by atoms with Crippen LogP contribution in [0.15, 0.2) is 19.0 Å². The molecule has 1 unspecified atom stereocenters. The topological polar surface area (TPSA) is 42.7 Å². The van der Waals surface area contributed by atoms with Crippen molar-refractivity contribution in [2.24, 2.45) is 7.05 Å². The Morgan fingerprint density at radius 2 is 2.50 bits per heavy atom. The van der Waals surface area contributed by atoms with Crippen LogP contribution in [0.25, 0.3) is 0 Å². The maximum atomic E-state index is 4.19. The number of hydrogen-bond donors (Lipinski definition) is 1. The third-order valence-electron chi connectivity index (χ3n) is 2.06. The van der Waals surface area contributed by atoms with E-state index in [1.54, 1.807) is 11.0 Å². The summed E-state index contributed by atoms with van der Waals surface area (Å²) in [6.45, 7) is 6.59. The van der Waals surface area contributed by atoms with E-state index in [4.69, 9.17) is 0 Å². The first-order valence-corrected chi connectivity index (χ1v) is 4.91. The second-order valence-corrected chi connectivity index (χ2v) is 3.48. The number of nitrogens with zero attached hydrogens (tertiary/aromatic N) is 3. The zero-order chi connectivity index (χ0) is 10.4. The number of rotatable bonds is 6. The molecule has 0 radical (unpaired) electrons. The lowest BCUT2D eigenvalue weighted by Crippen LogP contribution is -2.25. The fraction of sp³-hybridized carbons (Fsp3) is 0.600. The van der Waals surface area contributed by atoms with Crippen molar-refractivity contribution in [1.29, 1.82) is 0 Å². The molecule has 1 aromatic rings. The van der Waals surface area contributed by atoms with E-state index in [1.807, 2.05) is 13.1 Å². The lowest BCUT2D eigenvalue weighted by Gasteiger charge is -2.10. The first-order chi connectivity index (χ1) is 6.72. The summed E-state index contributed by atoms with van der Waals surface area (Å²) >= 11 is 0. The summed E-state index contributed by atoms with van der Waals surface area (Å²) in [7, 11) is 1.87. The largest absolute Gasteiger partial charge is 0.307 e. The van der Waals surface area contributed by atoms with Gasteiger partial charge in [-0.25, -0.2) is 4.98 Å². The smallest absolute Gasteiger partial charge is 0.164 e. The van der Waals surface area contributed by atoms with Crippen LogP contribution in [0.5, 0.6) is 0 Å². The van der Waals surface area contributed by atoms with Crippen LogP contribution in [0.4, 0.5) is 0 Å². The Labute approximate surface area is 85.0 Å². The van der Waals surface area contributed by atoms with Gasteiger partial charge in [-0.1, -0.05) is 6.08 Å². The molecule has 0 aliphatic rings. The highest BCUT2D eigenvalue weighted by molar-refractivity contribution is 4.81. The Kier molecular flexibility index (Phi) is 4.32. The van der Waals surface area contributed by atoms with E-state index in [-0.39, 0.29) is 0 Å². The van der Waals surface area contributed by atoms with Gasteiger partial charge in [0.1, 0.15) is 6.33 Å². The van der Waals surface area contributed by atoms with Gasteiger partial charge in [0.15, 0.2) is 5.82 Å². The molecule has 1 aromatic heterocycles. The highest BCUT2D eigenvalue weighted by atomic mass is 15.3. The Morgan fingerprint density at radius 3 is 3.07 bits per heavy atom. The van der Waals surface area contributed by atoms with E-state index in [2.05, 4.69) is 28.9 Å². The van der Waals surface area contributed by atoms with Gasteiger partial charge >= 0.3 is 0 Å². The minimum Gasteiger partial charge on any atom is -0.307 e. The molecule has 0 aromatic carbocycles. The standard InChI is InChI=1S/C10H18N4/c1-4-5-6-9(2)11-7-10-12-8-14(3)13-10/h4,8-9,11H,1,5-7H2,2-3H3. The van der Waals surface area contributed by atoms with Crippen molar-refractivity contribution < 1.29 is 0 Å². The molecule has 0 aliphatic heterocycles. The number of nitrogens with one attached hydrogen (secondary N) is 1. The summed E-state index contributed by atoms with van der Waals surface area (Å²) in [5, 5.41) is 7.55. The van der Waals surface area contributed by atoms with Crippen LogP contribution in [0.1, 0.15) is 25.6 Å². The summed E-state index contributed by atoms with van der Waals surface area (Å²) in [5.41, 5.74) is 0. The second kappa shape index (κ2) is 5.54. The van der Waals surface area contributed by atoms with Crippen molar-refractivity contribution >= 4 is 0 Å². The first kappa shape index (κ1) is 10.9. The molecular weight excluding hydrogens is 176 g/mol. The van der Waals surface area contributed by atoms with Crippen LogP contribution in [-0.4, -0.2) is 20.8 Å². The third kappa shape index (κ3) is 3.70. The summed E-state index contributed by atoms with van der Waals surface area (Å²) in [4.78, 5) is 4.14. The SMILES string of the molecule is C=CCCC(C)NCc1ncn(C)n1. The molecule has 0 spiro atoms. The second-order valence-electron chi connectivity index (χ2n) is 3.48. The molecule has 1 atom stereocenters. The van der Waals surface area contributed by atoms with Crippen molar-refractivity contribution in [1.82, 2.24) is 20.1 Å². The summed E-state index contributed by atoms with van der Waals surface area (Å²) in [6.07, 6.45) is 5.81. The summed E-state index contributed by atoms with van der Waals surface area (Å²) in [6, 6.07) is 0.483. The summed E-state index contributed by atoms with van der Waals surface area (Å²) < 4.78 is 1.71. The molecule has 78 valence electrons. The van der Waals surface area contributed by atoms with Crippen molar-refractivity contribution in [2.75, 3.05) is 0 Å². The van der Waals surface area contributed by atoms with Crippen LogP contribution < -0.4 is 5.32 Å². The molecule has 1 rings (SSSR count). The molecule has 4 nitrogen and oxygen atoms in total. The van der Waals surface area contributed by atoms with Crippen LogP contribution in [-0.2, 0) is 13.6 Å². The van der Waals surface area contributed by atoms with Gasteiger partial charge in [-0.3, -0.25) is 4.68 Å². The molecule has 0 aliphatic carbocycles. The zero-order valence-corrected chi connectivity index (χ0v) is 8.90. The predicted octanol–water partition coefficient (Wildman–Crippen LogP) is 1.26. The van der Waals surface area contributed by atoms with Gasteiger partial charge in [0.25, 0.3) is 0 Å².